The summed E-state index contributed by atoms with van der Waals surface area (Å²) >= 11 is 6.00. The van der Waals surface area contributed by atoms with Crippen molar-refractivity contribution in [2.75, 3.05) is 20.1 Å². The van der Waals surface area contributed by atoms with E-state index in [1.54, 1.807) is 4.90 Å². The van der Waals surface area contributed by atoms with Crippen LogP contribution in [0.3, 0.4) is 0 Å². The lowest BCUT2D eigenvalue weighted by atomic mass is 10.1. The van der Waals surface area contributed by atoms with Gasteiger partial charge in [-0.1, -0.05) is 11.6 Å². The molecular formula is C13H16ClN3O3. The van der Waals surface area contributed by atoms with Crippen molar-refractivity contribution >= 4 is 23.2 Å². The molecule has 1 atom stereocenters. The Bertz CT molecular complexity index is 536. The number of hydrogen-bond acceptors (Lipinski definition) is 4. The summed E-state index contributed by atoms with van der Waals surface area (Å²) in [6, 6.07) is 4.11. The van der Waals surface area contributed by atoms with Crippen LogP contribution in [0.15, 0.2) is 18.2 Å². The Kier molecular flexibility index (Phi) is 4.57. The maximum absolute atomic E-state index is 12.5. The Morgan fingerprint density at radius 3 is 2.95 bits per heavy atom. The highest BCUT2D eigenvalue weighted by molar-refractivity contribution is 6.34. The lowest BCUT2D eigenvalue weighted by molar-refractivity contribution is -0.384. The van der Waals surface area contributed by atoms with E-state index in [1.165, 1.54) is 18.2 Å². The highest BCUT2D eigenvalue weighted by Crippen LogP contribution is 2.26. The first-order valence-corrected chi connectivity index (χ1v) is 6.82. The molecule has 1 aromatic rings. The maximum atomic E-state index is 12.5. The van der Waals surface area contributed by atoms with Crippen molar-refractivity contribution in [3.05, 3.63) is 38.9 Å². The van der Waals surface area contributed by atoms with E-state index in [2.05, 4.69) is 5.32 Å². The van der Waals surface area contributed by atoms with E-state index in [1.807, 2.05) is 7.05 Å². The van der Waals surface area contributed by atoms with Crippen LogP contribution in [0.25, 0.3) is 0 Å². The molecule has 1 heterocycles. The topological polar surface area (TPSA) is 75.5 Å². The lowest BCUT2D eigenvalue weighted by Crippen LogP contribution is -2.40. The van der Waals surface area contributed by atoms with E-state index in [0.717, 1.165) is 19.4 Å². The zero-order chi connectivity index (χ0) is 14.7. The number of benzene rings is 1. The first-order valence-electron chi connectivity index (χ1n) is 6.44. The predicted molar refractivity (Wildman–Crippen MR) is 76.1 cm³/mol. The lowest BCUT2D eigenvalue weighted by Gasteiger charge is -2.24. The minimum atomic E-state index is -0.528. The number of carbonyl (C=O) groups excluding carboxylic acids is 1. The third kappa shape index (κ3) is 2.91. The number of amides is 1. The summed E-state index contributed by atoms with van der Waals surface area (Å²) in [6.07, 6.45) is 1.92. The predicted octanol–water partition coefficient (Wildman–Crippen LogP) is 2.07. The van der Waals surface area contributed by atoms with Crippen LogP contribution in [0.4, 0.5) is 5.69 Å². The van der Waals surface area contributed by atoms with Crippen LogP contribution in [0.2, 0.25) is 5.02 Å². The number of nitrogens with one attached hydrogen (secondary N) is 1. The summed E-state index contributed by atoms with van der Waals surface area (Å²) in [5, 5.41) is 13.9. The van der Waals surface area contributed by atoms with Gasteiger partial charge in [-0.15, -0.1) is 0 Å². The minimum Gasteiger partial charge on any atom is -0.334 e. The van der Waals surface area contributed by atoms with Gasteiger partial charge >= 0.3 is 0 Å². The molecule has 0 aromatic heterocycles. The largest absolute Gasteiger partial charge is 0.334 e. The average Bonchev–Trinajstić information content (AvgIpc) is 2.86. The van der Waals surface area contributed by atoms with Crippen LogP contribution in [-0.2, 0) is 0 Å². The number of nitro benzene ring substituents is 1. The Morgan fingerprint density at radius 2 is 2.35 bits per heavy atom. The Balaban J connectivity index is 2.22. The summed E-state index contributed by atoms with van der Waals surface area (Å²) in [7, 11) is 1.85. The van der Waals surface area contributed by atoms with Gasteiger partial charge in [-0.05, 0) is 26.0 Å². The van der Waals surface area contributed by atoms with Crippen molar-refractivity contribution in [1.29, 1.82) is 0 Å². The number of carbonyl (C=O) groups is 1. The van der Waals surface area contributed by atoms with Gasteiger partial charge in [-0.25, -0.2) is 0 Å². The molecule has 1 unspecified atom stereocenters. The Hall–Kier alpha value is -1.66. The first kappa shape index (κ1) is 14.7. The maximum Gasteiger partial charge on any atom is 0.270 e. The molecule has 7 heteroatoms. The van der Waals surface area contributed by atoms with Crippen molar-refractivity contribution in [3.8, 4) is 0 Å². The second-order valence-corrected chi connectivity index (χ2v) is 5.18. The minimum absolute atomic E-state index is 0.111. The van der Waals surface area contributed by atoms with Crippen molar-refractivity contribution in [3.63, 3.8) is 0 Å². The number of halogens is 1. The van der Waals surface area contributed by atoms with Crippen molar-refractivity contribution in [2.45, 2.75) is 18.9 Å². The summed E-state index contributed by atoms with van der Waals surface area (Å²) in [6.45, 7) is 1.43. The normalized spacial score (nSPS) is 18.3. The molecule has 1 aromatic carbocycles. The molecular weight excluding hydrogens is 282 g/mol. The molecule has 0 aliphatic carbocycles. The third-order valence-electron chi connectivity index (χ3n) is 3.47. The SMILES string of the molecule is CNCC1CCCN1C(=O)c1ccc([N+](=O)[O-])cc1Cl. The number of nitrogens with zero attached hydrogens (tertiary/aromatic N) is 2. The zero-order valence-corrected chi connectivity index (χ0v) is 11.9. The number of non-ortho nitro benzene ring substituents is 1. The summed E-state index contributed by atoms with van der Waals surface area (Å²) in [4.78, 5) is 24.4. The second-order valence-electron chi connectivity index (χ2n) is 4.77. The van der Waals surface area contributed by atoms with Crippen LogP contribution in [0.5, 0.6) is 0 Å². The highest BCUT2D eigenvalue weighted by Gasteiger charge is 2.30. The molecule has 0 radical (unpaired) electrons. The van der Waals surface area contributed by atoms with Crippen molar-refractivity contribution < 1.29 is 9.72 Å². The monoisotopic (exact) mass is 297 g/mol. The fourth-order valence-electron chi connectivity index (χ4n) is 2.50. The number of likely N-dealkylation sites (tertiary alicyclic amines) is 1. The molecule has 0 bridgehead atoms. The molecule has 1 fully saturated rings. The molecule has 1 N–H and O–H groups in total. The molecule has 0 spiro atoms. The third-order valence-corrected chi connectivity index (χ3v) is 3.78. The van der Waals surface area contributed by atoms with E-state index in [9.17, 15) is 14.9 Å². The van der Waals surface area contributed by atoms with Crippen LogP contribution < -0.4 is 5.32 Å². The number of hydrogen-bond donors (Lipinski definition) is 1. The van der Waals surface area contributed by atoms with Gasteiger partial charge in [0.2, 0.25) is 0 Å². The average molecular weight is 298 g/mol. The van der Waals surface area contributed by atoms with E-state index >= 15 is 0 Å². The molecule has 1 aliphatic rings. The highest BCUT2D eigenvalue weighted by atomic mass is 35.5. The summed E-state index contributed by atoms with van der Waals surface area (Å²) < 4.78 is 0. The molecule has 108 valence electrons. The Labute approximate surface area is 121 Å². The van der Waals surface area contributed by atoms with Gasteiger partial charge in [0.05, 0.1) is 15.5 Å². The smallest absolute Gasteiger partial charge is 0.270 e. The van der Waals surface area contributed by atoms with Gasteiger partial charge in [0.1, 0.15) is 0 Å². The van der Waals surface area contributed by atoms with Gasteiger partial charge < -0.3 is 10.2 Å². The second kappa shape index (κ2) is 6.19. The van der Waals surface area contributed by atoms with Crippen LogP contribution in [0, 0.1) is 10.1 Å². The summed E-state index contributed by atoms with van der Waals surface area (Å²) in [5.74, 6) is -0.164. The molecule has 0 saturated carbocycles. The number of nitro groups is 1. The summed E-state index contributed by atoms with van der Waals surface area (Å²) in [5.41, 5.74) is 0.208. The molecule has 1 aliphatic heterocycles. The van der Waals surface area contributed by atoms with Gasteiger partial charge in [0.25, 0.3) is 11.6 Å². The van der Waals surface area contributed by atoms with Gasteiger partial charge in [-0.3, -0.25) is 14.9 Å². The van der Waals surface area contributed by atoms with E-state index in [0.29, 0.717) is 12.1 Å². The van der Waals surface area contributed by atoms with Crippen LogP contribution in [0.1, 0.15) is 23.2 Å². The Morgan fingerprint density at radius 1 is 1.60 bits per heavy atom. The van der Waals surface area contributed by atoms with Gasteiger partial charge in [0.15, 0.2) is 0 Å². The molecule has 6 nitrogen and oxygen atoms in total. The van der Waals surface area contributed by atoms with Crippen molar-refractivity contribution in [2.24, 2.45) is 0 Å². The van der Waals surface area contributed by atoms with E-state index < -0.39 is 4.92 Å². The fourth-order valence-corrected chi connectivity index (χ4v) is 2.75. The van der Waals surface area contributed by atoms with Gasteiger partial charge in [0, 0.05) is 31.3 Å². The van der Waals surface area contributed by atoms with Crippen molar-refractivity contribution in [1.82, 2.24) is 10.2 Å². The molecule has 1 saturated heterocycles. The van der Waals surface area contributed by atoms with Crippen LogP contribution in [-0.4, -0.2) is 41.9 Å². The molecule has 1 amide bonds. The van der Waals surface area contributed by atoms with E-state index in [-0.39, 0.29) is 22.7 Å². The molecule has 2 rings (SSSR count). The fraction of sp³-hybridized carbons (Fsp3) is 0.462. The van der Waals surface area contributed by atoms with E-state index in [4.69, 9.17) is 11.6 Å². The van der Waals surface area contributed by atoms with Gasteiger partial charge in [-0.2, -0.15) is 0 Å². The molecule has 20 heavy (non-hydrogen) atoms. The standard InChI is InChI=1S/C13H16ClN3O3/c1-15-8-10-3-2-6-16(10)13(18)11-5-4-9(17(19)20)7-12(11)14/h4-5,7,10,15H,2-3,6,8H2,1H3. The number of rotatable bonds is 4. The zero-order valence-electron chi connectivity index (χ0n) is 11.1. The number of likely N-dealkylation sites (N-methyl/N-ethyl adjacent to an activating group) is 1. The quantitative estimate of drug-likeness (QED) is 0.682. The van der Waals surface area contributed by atoms with Crippen LogP contribution >= 0.6 is 11.6 Å². The first-order chi connectivity index (χ1) is 9.54.